The number of anilines is 1. The number of carbonyl (C=O) groups excluding carboxylic acids is 2. The highest BCUT2D eigenvalue weighted by molar-refractivity contribution is 8.15. The van der Waals surface area contributed by atoms with Crippen molar-refractivity contribution in [3.8, 4) is 0 Å². The second kappa shape index (κ2) is 9.11. The lowest BCUT2D eigenvalue weighted by Crippen LogP contribution is -2.28. The minimum atomic E-state index is -0.691. The zero-order valence-corrected chi connectivity index (χ0v) is 16.2. The number of hydrogen-bond acceptors (Lipinski definition) is 7. The number of thioether (sulfide) groups is 1. The van der Waals surface area contributed by atoms with Crippen molar-refractivity contribution >= 4 is 45.8 Å². The van der Waals surface area contributed by atoms with E-state index < -0.39 is 16.1 Å². The van der Waals surface area contributed by atoms with E-state index in [2.05, 4.69) is 20.8 Å². The first-order valence-corrected chi connectivity index (χ1v) is 9.50. The van der Waals surface area contributed by atoms with E-state index in [4.69, 9.17) is 0 Å². The highest BCUT2D eigenvalue weighted by atomic mass is 32.2. The van der Waals surface area contributed by atoms with Gasteiger partial charge in [-0.1, -0.05) is 54.2 Å². The first-order chi connectivity index (χ1) is 13.9. The summed E-state index contributed by atoms with van der Waals surface area (Å²) >= 11 is 1.09. The fourth-order valence-corrected chi connectivity index (χ4v) is 3.47. The molecule has 1 saturated heterocycles. The second-order valence-corrected chi connectivity index (χ2v) is 7.27. The molecule has 0 aliphatic carbocycles. The van der Waals surface area contributed by atoms with E-state index in [1.54, 1.807) is 13.0 Å². The molecule has 1 heterocycles. The summed E-state index contributed by atoms with van der Waals surface area (Å²) in [6.07, 6.45) is -0.150. The average molecular weight is 411 g/mol. The fraction of sp³-hybridized carbons (Fsp3) is 0.158. The molecule has 1 aliphatic rings. The van der Waals surface area contributed by atoms with E-state index in [1.165, 1.54) is 18.2 Å². The summed E-state index contributed by atoms with van der Waals surface area (Å²) in [4.78, 5) is 34.8. The second-order valence-electron chi connectivity index (χ2n) is 6.08. The number of nitrogens with zero attached hydrogens (tertiary/aromatic N) is 3. The Bertz CT molecular complexity index is 1010. The van der Waals surface area contributed by atoms with Crippen LogP contribution >= 0.6 is 11.8 Å². The Labute approximate surface area is 170 Å². The van der Waals surface area contributed by atoms with E-state index in [0.717, 1.165) is 17.3 Å². The van der Waals surface area contributed by atoms with Crippen LogP contribution in [0.15, 0.2) is 64.8 Å². The maximum atomic E-state index is 12.3. The average Bonchev–Trinajstić information content (AvgIpc) is 3.06. The van der Waals surface area contributed by atoms with Gasteiger partial charge in [0.05, 0.1) is 10.6 Å². The highest BCUT2D eigenvalue weighted by Gasteiger charge is 2.32. The summed E-state index contributed by atoms with van der Waals surface area (Å²) in [6, 6.07) is 15.3. The lowest BCUT2D eigenvalue weighted by molar-refractivity contribution is -0.383. The lowest BCUT2D eigenvalue weighted by Gasteiger charge is -2.07. The van der Waals surface area contributed by atoms with Crippen LogP contribution in [0.25, 0.3) is 0 Å². The van der Waals surface area contributed by atoms with Crippen molar-refractivity contribution in [3.05, 3.63) is 70.3 Å². The molecule has 1 aliphatic heterocycles. The van der Waals surface area contributed by atoms with Gasteiger partial charge in [-0.05, 0) is 18.6 Å². The molecule has 1 atom stereocenters. The zero-order chi connectivity index (χ0) is 20.8. The Morgan fingerprint density at radius 2 is 1.90 bits per heavy atom. The van der Waals surface area contributed by atoms with Crippen LogP contribution in [-0.2, 0) is 9.59 Å². The molecule has 0 saturated carbocycles. The predicted octanol–water partition coefficient (Wildman–Crippen LogP) is 2.94. The number of rotatable bonds is 6. The Hall–Kier alpha value is -3.53. The van der Waals surface area contributed by atoms with Gasteiger partial charge in [-0.2, -0.15) is 5.10 Å². The van der Waals surface area contributed by atoms with Gasteiger partial charge in [-0.3, -0.25) is 19.7 Å². The van der Waals surface area contributed by atoms with E-state index >= 15 is 0 Å². The zero-order valence-electron chi connectivity index (χ0n) is 15.4. The minimum Gasteiger partial charge on any atom is -0.320 e. The van der Waals surface area contributed by atoms with Crippen LogP contribution in [0.5, 0.6) is 0 Å². The molecular weight excluding hydrogens is 394 g/mol. The Morgan fingerprint density at radius 1 is 1.21 bits per heavy atom. The molecule has 1 fully saturated rings. The molecule has 2 N–H and O–H groups in total. The van der Waals surface area contributed by atoms with Crippen molar-refractivity contribution in [2.75, 3.05) is 5.32 Å². The molecule has 0 radical (unpaired) electrons. The van der Waals surface area contributed by atoms with Crippen molar-refractivity contribution in [1.29, 1.82) is 0 Å². The summed E-state index contributed by atoms with van der Waals surface area (Å²) in [5.74, 6) is -0.865. The maximum absolute atomic E-state index is 12.3. The lowest BCUT2D eigenvalue weighted by atomic mass is 10.1. The molecule has 9 nitrogen and oxygen atoms in total. The molecule has 148 valence electrons. The van der Waals surface area contributed by atoms with Crippen molar-refractivity contribution in [3.63, 3.8) is 0 Å². The van der Waals surface area contributed by atoms with Crippen LogP contribution in [0.1, 0.15) is 18.9 Å². The van der Waals surface area contributed by atoms with Gasteiger partial charge in [0.2, 0.25) is 11.8 Å². The summed E-state index contributed by atoms with van der Waals surface area (Å²) in [5, 5.41) is 23.9. The molecule has 10 heteroatoms. The smallest absolute Gasteiger partial charge is 0.292 e. The molecule has 2 amide bonds. The van der Waals surface area contributed by atoms with Gasteiger partial charge in [0.25, 0.3) is 5.69 Å². The number of hydrogen-bond donors (Lipinski definition) is 2. The first-order valence-electron chi connectivity index (χ1n) is 8.62. The van der Waals surface area contributed by atoms with Crippen LogP contribution < -0.4 is 10.6 Å². The monoisotopic (exact) mass is 411 g/mol. The third-order valence-electron chi connectivity index (χ3n) is 4.00. The number of para-hydroxylation sites is 2. The fourth-order valence-electron chi connectivity index (χ4n) is 2.55. The third kappa shape index (κ3) is 5.26. The molecule has 0 aromatic heterocycles. The van der Waals surface area contributed by atoms with Gasteiger partial charge in [-0.15, -0.1) is 5.10 Å². The predicted molar refractivity (Wildman–Crippen MR) is 112 cm³/mol. The number of carbonyl (C=O) groups is 2. The van der Waals surface area contributed by atoms with Gasteiger partial charge >= 0.3 is 0 Å². The number of amides is 2. The first kappa shape index (κ1) is 20.2. The number of nitro benzene ring substituents is 1. The molecule has 29 heavy (non-hydrogen) atoms. The summed E-state index contributed by atoms with van der Waals surface area (Å²) in [6.45, 7) is 1.80. The van der Waals surface area contributed by atoms with Crippen LogP contribution in [-0.4, -0.2) is 32.9 Å². The molecule has 3 rings (SSSR count). The quantitative estimate of drug-likeness (QED) is 0.429. The van der Waals surface area contributed by atoms with Crippen LogP contribution in [0.4, 0.5) is 11.4 Å². The summed E-state index contributed by atoms with van der Waals surface area (Å²) < 4.78 is 0. The number of amidine groups is 1. The topological polar surface area (TPSA) is 126 Å². The molecule has 2 aromatic rings. The van der Waals surface area contributed by atoms with E-state index in [9.17, 15) is 19.7 Å². The standard InChI is InChI=1S/C19H17N5O4S/c1-12(13-7-3-2-4-8-13)22-23-19-21-18(26)16(29-19)11-17(25)20-14-9-5-6-10-15(14)24(27)28/h2-10,16H,11H2,1H3,(H,20,25)(H,21,23,26). The SMILES string of the molecule is CC(=N/N=C1\NC(=O)C(CC(=O)Nc2ccccc2[N+](=O)[O-])S1)c1ccccc1. The van der Waals surface area contributed by atoms with Gasteiger partial charge in [-0.25, -0.2) is 0 Å². The molecular formula is C19H17N5O4S. The van der Waals surface area contributed by atoms with Crippen LogP contribution in [0.2, 0.25) is 0 Å². The van der Waals surface area contributed by atoms with Crippen molar-refractivity contribution < 1.29 is 14.5 Å². The van der Waals surface area contributed by atoms with Crippen LogP contribution in [0.3, 0.4) is 0 Å². The van der Waals surface area contributed by atoms with Gasteiger partial charge in [0.1, 0.15) is 10.9 Å². The molecule has 2 aromatic carbocycles. The van der Waals surface area contributed by atoms with Gasteiger partial charge < -0.3 is 10.6 Å². The van der Waals surface area contributed by atoms with E-state index in [-0.39, 0.29) is 23.7 Å². The summed E-state index contributed by atoms with van der Waals surface area (Å²) in [7, 11) is 0. The van der Waals surface area contributed by atoms with Crippen molar-refractivity contribution in [2.24, 2.45) is 10.2 Å². The summed E-state index contributed by atoms with van der Waals surface area (Å²) in [5.41, 5.74) is 1.47. The van der Waals surface area contributed by atoms with E-state index in [1.807, 2.05) is 30.3 Å². The number of nitrogens with one attached hydrogen (secondary N) is 2. The Kier molecular flexibility index (Phi) is 6.35. The molecule has 0 bridgehead atoms. The largest absolute Gasteiger partial charge is 0.320 e. The van der Waals surface area contributed by atoms with Gasteiger partial charge in [0, 0.05) is 12.5 Å². The molecule has 0 spiro atoms. The van der Waals surface area contributed by atoms with Gasteiger partial charge in [0.15, 0.2) is 5.17 Å². The Morgan fingerprint density at radius 3 is 2.62 bits per heavy atom. The third-order valence-corrected chi connectivity index (χ3v) is 5.08. The van der Waals surface area contributed by atoms with Crippen LogP contribution in [0, 0.1) is 10.1 Å². The Balaban J connectivity index is 1.62. The van der Waals surface area contributed by atoms with Crippen molar-refractivity contribution in [1.82, 2.24) is 5.32 Å². The number of nitro groups is 1. The molecule has 1 unspecified atom stereocenters. The van der Waals surface area contributed by atoms with E-state index in [0.29, 0.717) is 10.9 Å². The normalized spacial score (nSPS) is 17.8. The highest BCUT2D eigenvalue weighted by Crippen LogP contribution is 2.26. The maximum Gasteiger partial charge on any atom is 0.292 e. The van der Waals surface area contributed by atoms with Crippen molar-refractivity contribution in [2.45, 2.75) is 18.6 Å². The minimum absolute atomic E-state index is 0.0860. The number of benzene rings is 2.